The summed E-state index contributed by atoms with van der Waals surface area (Å²) in [5.74, 6) is 0.213. The van der Waals surface area contributed by atoms with E-state index in [0.29, 0.717) is 12.3 Å². The molecule has 0 N–H and O–H groups in total. The lowest BCUT2D eigenvalue weighted by atomic mass is 9.59. The van der Waals surface area contributed by atoms with Gasteiger partial charge in [0.2, 0.25) is 0 Å². The second kappa shape index (κ2) is 3.49. The van der Waals surface area contributed by atoms with Crippen LogP contribution in [0, 0.1) is 17.3 Å². The molecule has 5 unspecified atom stereocenters. The van der Waals surface area contributed by atoms with Crippen molar-refractivity contribution >= 4 is 11.9 Å². The highest BCUT2D eigenvalue weighted by Crippen LogP contribution is 2.67. The Labute approximate surface area is 107 Å². The molecule has 5 atom stereocenters. The minimum Gasteiger partial charge on any atom is -0.462 e. The Morgan fingerprint density at radius 2 is 2.22 bits per heavy atom. The molecule has 0 aromatic rings. The van der Waals surface area contributed by atoms with Gasteiger partial charge in [0.05, 0.1) is 5.92 Å². The van der Waals surface area contributed by atoms with Crippen LogP contribution in [0.3, 0.4) is 0 Å². The Bertz CT molecular complexity index is 418. The van der Waals surface area contributed by atoms with Gasteiger partial charge in [0, 0.05) is 18.8 Å². The van der Waals surface area contributed by atoms with E-state index in [9.17, 15) is 9.59 Å². The lowest BCUT2D eigenvalue weighted by Gasteiger charge is -2.56. The molecular weight excluding hydrogens is 232 g/mol. The van der Waals surface area contributed by atoms with Crippen molar-refractivity contribution < 1.29 is 19.1 Å². The van der Waals surface area contributed by atoms with Crippen molar-refractivity contribution in [3.8, 4) is 0 Å². The second-order valence-electron chi connectivity index (χ2n) is 6.39. The van der Waals surface area contributed by atoms with Crippen LogP contribution in [0.2, 0.25) is 0 Å². The molecule has 2 saturated carbocycles. The minimum absolute atomic E-state index is 0.0239. The number of rotatable bonds is 1. The summed E-state index contributed by atoms with van der Waals surface area (Å²) in [5, 5.41) is 0. The first-order valence-electron chi connectivity index (χ1n) is 6.79. The fraction of sp³-hybridized carbons (Fsp3) is 0.857. The number of hydrogen-bond acceptors (Lipinski definition) is 4. The van der Waals surface area contributed by atoms with E-state index in [4.69, 9.17) is 9.47 Å². The van der Waals surface area contributed by atoms with Gasteiger partial charge in [-0.05, 0) is 25.2 Å². The molecule has 1 saturated heterocycles. The number of hydrogen-bond donors (Lipinski definition) is 0. The highest BCUT2D eigenvalue weighted by molar-refractivity contribution is 5.82. The molecule has 3 aliphatic rings. The Morgan fingerprint density at radius 1 is 1.50 bits per heavy atom. The topological polar surface area (TPSA) is 52.6 Å². The van der Waals surface area contributed by atoms with Crippen molar-refractivity contribution in [1.29, 1.82) is 0 Å². The largest absolute Gasteiger partial charge is 0.462 e. The zero-order chi connectivity index (χ0) is 13.1. The van der Waals surface area contributed by atoms with E-state index in [-0.39, 0.29) is 35.0 Å². The molecule has 4 heteroatoms. The maximum absolute atomic E-state index is 11.6. The van der Waals surface area contributed by atoms with E-state index < -0.39 is 0 Å². The van der Waals surface area contributed by atoms with E-state index in [0.717, 1.165) is 19.3 Å². The minimum atomic E-state index is -0.359. The predicted octanol–water partition coefficient (Wildman–Crippen LogP) is 2.06. The quantitative estimate of drug-likeness (QED) is 0.670. The van der Waals surface area contributed by atoms with Gasteiger partial charge >= 0.3 is 11.9 Å². The summed E-state index contributed by atoms with van der Waals surface area (Å²) in [4.78, 5) is 22.7. The van der Waals surface area contributed by atoms with E-state index in [2.05, 4.69) is 13.8 Å². The van der Waals surface area contributed by atoms with Gasteiger partial charge < -0.3 is 9.47 Å². The fourth-order valence-corrected chi connectivity index (χ4v) is 4.40. The first-order chi connectivity index (χ1) is 8.39. The summed E-state index contributed by atoms with van der Waals surface area (Å²) in [6, 6.07) is 0. The summed E-state index contributed by atoms with van der Waals surface area (Å²) >= 11 is 0. The third-order valence-electron chi connectivity index (χ3n) is 5.62. The second-order valence-corrected chi connectivity index (χ2v) is 6.39. The molecule has 0 radical (unpaired) electrons. The molecule has 1 aliphatic heterocycles. The molecule has 18 heavy (non-hydrogen) atoms. The van der Waals surface area contributed by atoms with Crippen molar-refractivity contribution in [1.82, 2.24) is 0 Å². The Morgan fingerprint density at radius 3 is 2.83 bits per heavy atom. The predicted molar refractivity (Wildman–Crippen MR) is 63.6 cm³/mol. The number of ether oxygens (including phenoxy) is 2. The van der Waals surface area contributed by atoms with Gasteiger partial charge in [0.15, 0.2) is 0 Å². The Kier molecular flexibility index (Phi) is 2.32. The van der Waals surface area contributed by atoms with Gasteiger partial charge in [0.25, 0.3) is 0 Å². The first kappa shape index (κ1) is 12.0. The standard InChI is InChI=1S/C14H20O4/c1-8-6-11-12(16)18-14(11)7-10(17-9(2)15)4-5-13(8,14)3/h8,10-11H,4-7H2,1-3H3. The first-order valence-corrected chi connectivity index (χ1v) is 6.79. The van der Waals surface area contributed by atoms with E-state index in [1.807, 2.05) is 0 Å². The molecule has 3 fully saturated rings. The SMILES string of the molecule is CC(=O)OC1CCC2(C)C(C)CC3C(=O)OC32C1. The van der Waals surface area contributed by atoms with Crippen molar-refractivity contribution in [3.63, 3.8) is 0 Å². The van der Waals surface area contributed by atoms with Gasteiger partial charge in [-0.2, -0.15) is 0 Å². The summed E-state index contributed by atoms with van der Waals surface area (Å²) in [6.07, 6.45) is 3.37. The molecule has 0 aromatic carbocycles. The molecule has 3 rings (SSSR count). The van der Waals surface area contributed by atoms with Crippen LogP contribution < -0.4 is 0 Å². The van der Waals surface area contributed by atoms with Crippen molar-refractivity contribution in [2.75, 3.05) is 0 Å². The monoisotopic (exact) mass is 252 g/mol. The summed E-state index contributed by atoms with van der Waals surface area (Å²) in [6.45, 7) is 5.88. The van der Waals surface area contributed by atoms with Crippen LogP contribution in [0.5, 0.6) is 0 Å². The molecule has 1 heterocycles. The average molecular weight is 252 g/mol. The van der Waals surface area contributed by atoms with Crippen LogP contribution in [-0.2, 0) is 19.1 Å². The van der Waals surface area contributed by atoms with E-state index >= 15 is 0 Å². The van der Waals surface area contributed by atoms with E-state index in [1.54, 1.807) is 0 Å². The van der Waals surface area contributed by atoms with Crippen LogP contribution in [-0.4, -0.2) is 23.6 Å². The molecular formula is C14H20O4. The van der Waals surface area contributed by atoms with Gasteiger partial charge in [-0.25, -0.2) is 0 Å². The van der Waals surface area contributed by atoms with Crippen LogP contribution in [0.1, 0.15) is 46.5 Å². The van der Waals surface area contributed by atoms with Crippen molar-refractivity contribution in [3.05, 3.63) is 0 Å². The Balaban J connectivity index is 1.87. The normalized spacial score (nSPS) is 49.7. The van der Waals surface area contributed by atoms with Gasteiger partial charge in [-0.1, -0.05) is 13.8 Å². The van der Waals surface area contributed by atoms with Crippen LogP contribution >= 0.6 is 0 Å². The number of esters is 2. The maximum Gasteiger partial charge on any atom is 0.313 e. The summed E-state index contributed by atoms with van der Waals surface area (Å²) < 4.78 is 10.9. The van der Waals surface area contributed by atoms with Gasteiger partial charge in [0.1, 0.15) is 11.7 Å². The smallest absolute Gasteiger partial charge is 0.313 e. The zero-order valence-electron chi connectivity index (χ0n) is 11.2. The van der Waals surface area contributed by atoms with E-state index in [1.165, 1.54) is 6.92 Å². The third kappa shape index (κ3) is 1.26. The maximum atomic E-state index is 11.6. The molecule has 4 nitrogen and oxygen atoms in total. The zero-order valence-corrected chi connectivity index (χ0v) is 11.2. The molecule has 0 amide bonds. The lowest BCUT2D eigenvalue weighted by molar-refractivity contribution is -0.248. The molecule has 2 aliphatic carbocycles. The Hall–Kier alpha value is -1.06. The summed E-state index contributed by atoms with van der Waals surface area (Å²) in [5.41, 5.74) is -0.301. The third-order valence-corrected chi connectivity index (χ3v) is 5.62. The molecule has 1 spiro atoms. The van der Waals surface area contributed by atoms with Crippen molar-refractivity contribution in [2.45, 2.75) is 58.2 Å². The number of carbonyl (C=O) groups excluding carboxylic acids is 2. The fourth-order valence-electron chi connectivity index (χ4n) is 4.40. The highest BCUT2D eigenvalue weighted by atomic mass is 16.6. The van der Waals surface area contributed by atoms with Gasteiger partial charge in [-0.15, -0.1) is 0 Å². The van der Waals surface area contributed by atoms with Crippen LogP contribution in [0.15, 0.2) is 0 Å². The summed E-state index contributed by atoms with van der Waals surface area (Å²) in [7, 11) is 0. The number of carbonyl (C=O) groups is 2. The molecule has 100 valence electrons. The average Bonchev–Trinajstić information content (AvgIpc) is 2.45. The van der Waals surface area contributed by atoms with Crippen LogP contribution in [0.4, 0.5) is 0 Å². The van der Waals surface area contributed by atoms with Crippen LogP contribution in [0.25, 0.3) is 0 Å². The highest BCUT2D eigenvalue weighted by Gasteiger charge is 2.73. The van der Waals surface area contributed by atoms with Gasteiger partial charge in [-0.3, -0.25) is 9.59 Å². The molecule has 0 aromatic heterocycles. The van der Waals surface area contributed by atoms with Crippen molar-refractivity contribution in [2.24, 2.45) is 17.3 Å². The molecule has 0 bridgehead atoms. The lowest BCUT2D eigenvalue weighted by Crippen LogP contribution is -2.65.